The highest BCUT2D eigenvalue weighted by molar-refractivity contribution is 6.33. The van der Waals surface area contributed by atoms with Gasteiger partial charge in [0.05, 0.1) is 10.2 Å². The second kappa shape index (κ2) is 7.28. The molecule has 0 aliphatic heterocycles. The van der Waals surface area contributed by atoms with Crippen LogP contribution in [0.4, 0.5) is 0 Å². The highest BCUT2D eigenvalue weighted by Crippen LogP contribution is 2.35. The van der Waals surface area contributed by atoms with Gasteiger partial charge < -0.3 is 0 Å². The van der Waals surface area contributed by atoms with Gasteiger partial charge in [0.1, 0.15) is 0 Å². The lowest BCUT2D eigenvalue weighted by Gasteiger charge is -2.27. The molecule has 0 heterocycles. The van der Waals surface area contributed by atoms with Gasteiger partial charge in [0, 0.05) is 0 Å². The summed E-state index contributed by atoms with van der Waals surface area (Å²) in [6.45, 7) is 14.0. The molecular formula is C18H29Si. The lowest BCUT2D eigenvalue weighted by atomic mass is 9.80. The van der Waals surface area contributed by atoms with Crippen molar-refractivity contribution in [1.82, 2.24) is 0 Å². The summed E-state index contributed by atoms with van der Waals surface area (Å²) in [6, 6.07) is 4.59. The Morgan fingerprint density at radius 1 is 0.789 bits per heavy atom. The zero-order valence-corrected chi connectivity index (χ0v) is 14.5. The third kappa shape index (κ3) is 3.50. The normalized spacial score (nSPS) is 16.2. The molecule has 0 aromatic heterocycles. The molecule has 0 aliphatic rings. The molecular weight excluding hydrogens is 244 g/mol. The number of rotatable bonds is 6. The van der Waals surface area contributed by atoms with Gasteiger partial charge in [-0.25, -0.2) is 0 Å². The molecule has 0 bridgehead atoms. The van der Waals surface area contributed by atoms with Crippen LogP contribution in [-0.4, -0.2) is 10.2 Å². The van der Waals surface area contributed by atoms with Crippen LogP contribution in [0.15, 0.2) is 12.1 Å². The summed E-state index contributed by atoms with van der Waals surface area (Å²) in [5, 5.41) is 1.29. The topological polar surface area (TPSA) is 0 Å². The molecule has 3 atom stereocenters. The minimum absolute atomic E-state index is 0.625. The molecule has 0 saturated carbocycles. The Kier molecular flexibility index (Phi) is 6.32. The van der Waals surface area contributed by atoms with E-state index in [-0.39, 0.29) is 0 Å². The highest BCUT2D eigenvalue weighted by Gasteiger charge is 2.21. The van der Waals surface area contributed by atoms with E-state index in [2.05, 4.69) is 63.9 Å². The lowest BCUT2D eigenvalue weighted by molar-refractivity contribution is 0.647. The van der Waals surface area contributed by atoms with Crippen molar-refractivity contribution < 1.29 is 0 Å². The summed E-state index contributed by atoms with van der Waals surface area (Å²) in [5.74, 6) is 1.92. The van der Waals surface area contributed by atoms with Crippen LogP contribution in [0, 0.1) is 0 Å². The summed E-state index contributed by atoms with van der Waals surface area (Å²) in [6.07, 6.45) is 3.62. The molecule has 1 aromatic carbocycles. The van der Waals surface area contributed by atoms with E-state index in [9.17, 15) is 0 Å². The standard InChI is InChI=1S/C18H29Si/c1-7-12(4)15-10-11-16(19)18(14(6)9-3)17(15)13(5)8-2/h10-14H,7-9H2,1-6H3. The molecule has 0 amide bonds. The molecule has 1 aromatic rings. The van der Waals surface area contributed by atoms with Crippen molar-refractivity contribution in [1.29, 1.82) is 0 Å². The van der Waals surface area contributed by atoms with Gasteiger partial charge in [0.25, 0.3) is 0 Å². The zero-order valence-electron chi connectivity index (χ0n) is 13.5. The van der Waals surface area contributed by atoms with E-state index in [0.717, 1.165) is 0 Å². The Labute approximate surface area is 123 Å². The van der Waals surface area contributed by atoms with Gasteiger partial charge in [-0.05, 0) is 53.7 Å². The van der Waals surface area contributed by atoms with Crippen molar-refractivity contribution in [3.63, 3.8) is 0 Å². The first kappa shape index (κ1) is 16.5. The molecule has 1 rings (SSSR count). The maximum Gasteiger partial charge on any atom is 0.0716 e. The fourth-order valence-corrected chi connectivity index (χ4v) is 3.26. The van der Waals surface area contributed by atoms with Crippen LogP contribution in [0.1, 0.15) is 95.2 Å². The molecule has 0 N–H and O–H groups in total. The number of hydrogen-bond donors (Lipinski definition) is 0. The van der Waals surface area contributed by atoms with Crippen LogP contribution in [-0.2, 0) is 0 Å². The van der Waals surface area contributed by atoms with Gasteiger partial charge in [-0.3, -0.25) is 0 Å². The van der Waals surface area contributed by atoms with E-state index in [0.29, 0.717) is 17.8 Å². The first-order chi connectivity index (χ1) is 8.97. The minimum Gasteiger partial charge on any atom is -0.0648 e. The van der Waals surface area contributed by atoms with E-state index in [1.54, 1.807) is 16.7 Å². The third-order valence-corrected chi connectivity index (χ3v) is 5.11. The van der Waals surface area contributed by atoms with Crippen LogP contribution in [0.5, 0.6) is 0 Å². The predicted molar refractivity (Wildman–Crippen MR) is 87.9 cm³/mol. The maximum absolute atomic E-state index is 3.85. The molecule has 0 aliphatic carbocycles. The largest absolute Gasteiger partial charge is 0.0716 e. The second-order valence-corrected chi connectivity index (χ2v) is 6.50. The lowest BCUT2D eigenvalue weighted by Crippen LogP contribution is -2.20. The number of hydrogen-bond acceptors (Lipinski definition) is 0. The highest BCUT2D eigenvalue weighted by atomic mass is 28.1. The minimum atomic E-state index is 0.625. The van der Waals surface area contributed by atoms with Crippen LogP contribution in [0.2, 0.25) is 0 Å². The molecule has 0 nitrogen and oxygen atoms in total. The molecule has 3 unspecified atom stereocenters. The molecule has 3 radical (unpaired) electrons. The Morgan fingerprint density at radius 3 is 1.74 bits per heavy atom. The maximum atomic E-state index is 3.85. The van der Waals surface area contributed by atoms with E-state index in [1.165, 1.54) is 24.4 Å². The molecule has 19 heavy (non-hydrogen) atoms. The summed E-state index contributed by atoms with van der Waals surface area (Å²) in [7, 11) is 3.85. The van der Waals surface area contributed by atoms with Crippen molar-refractivity contribution in [2.24, 2.45) is 0 Å². The Bertz CT molecular complexity index is 408. The summed E-state index contributed by atoms with van der Waals surface area (Å²) >= 11 is 0. The number of benzene rings is 1. The monoisotopic (exact) mass is 273 g/mol. The van der Waals surface area contributed by atoms with Crippen molar-refractivity contribution in [2.75, 3.05) is 0 Å². The van der Waals surface area contributed by atoms with Crippen molar-refractivity contribution in [2.45, 2.75) is 78.6 Å². The van der Waals surface area contributed by atoms with Gasteiger partial charge in [-0.1, -0.05) is 58.9 Å². The zero-order chi connectivity index (χ0) is 14.6. The molecule has 1 heteroatoms. The Balaban J connectivity index is 3.49. The van der Waals surface area contributed by atoms with Gasteiger partial charge in [-0.2, -0.15) is 0 Å². The summed E-state index contributed by atoms with van der Waals surface area (Å²) in [5.41, 5.74) is 4.72. The van der Waals surface area contributed by atoms with Gasteiger partial charge in [0.2, 0.25) is 0 Å². The van der Waals surface area contributed by atoms with E-state index < -0.39 is 0 Å². The van der Waals surface area contributed by atoms with Crippen LogP contribution >= 0.6 is 0 Å². The fourth-order valence-electron chi connectivity index (χ4n) is 2.79. The smallest absolute Gasteiger partial charge is 0.0648 e. The van der Waals surface area contributed by atoms with E-state index in [4.69, 9.17) is 0 Å². The summed E-state index contributed by atoms with van der Waals surface area (Å²) < 4.78 is 0. The van der Waals surface area contributed by atoms with Gasteiger partial charge >= 0.3 is 0 Å². The molecule has 0 spiro atoms. The predicted octanol–water partition coefficient (Wildman–Crippen LogP) is 5.02. The van der Waals surface area contributed by atoms with Crippen LogP contribution in [0.25, 0.3) is 0 Å². The Hall–Kier alpha value is -0.563. The second-order valence-electron chi connectivity index (χ2n) is 5.96. The molecule has 0 saturated heterocycles. The third-order valence-electron chi connectivity index (χ3n) is 4.67. The molecule has 105 valence electrons. The van der Waals surface area contributed by atoms with Crippen molar-refractivity contribution >= 4 is 15.4 Å². The van der Waals surface area contributed by atoms with Crippen molar-refractivity contribution in [3.8, 4) is 0 Å². The Morgan fingerprint density at radius 2 is 1.26 bits per heavy atom. The van der Waals surface area contributed by atoms with E-state index in [1.807, 2.05) is 0 Å². The van der Waals surface area contributed by atoms with Gasteiger partial charge in [0.15, 0.2) is 0 Å². The van der Waals surface area contributed by atoms with Crippen LogP contribution in [0.3, 0.4) is 0 Å². The quantitative estimate of drug-likeness (QED) is 0.638. The van der Waals surface area contributed by atoms with Crippen LogP contribution < -0.4 is 5.19 Å². The average molecular weight is 274 g/mol. The fraction of sp³-hybridized carbons (Fsp3) is 0.667. The van der Waals surface area contributed by atoms with E-state index >= 15 is 0 Å². The SMILES string of the molecule is CCC(C)c1ccc([Si])c(C(C)CC)c1C(C)CC. The first-order valence-electron chi connectivity index (χ1n) is 7.85. The first-order valence-corrected chi connectivity index (χ1v) is 8.35. The van der Waals surface area contributed by atoms with Crippen molar-refractivity contribution in [3.05, 3.63) is 28.8 Å². The molecule has 0 fully saturated rings. The van der Waals surface area contributed by atoms with Gasteiger partial charge in [-0.15, -0.1) is 0 Å². The summed E-state index contributed by atoms with van der Waals surface area (Å²) in [4.78, 5) is 0. The average Bonchev–Trinajstić information content (AvgIpc) is 2.44.